The van der Waals surface area contributed by atoms with Gasteiger partial charge in [0.1, 0.15) is 5.15 Å². The Morgan fingerprint density at radius 1 is 1.32 bits per heavy atom. The molecule has 0 bridgehead atoms. The fourth-order valence-corrected chi connectivity index (χ4v) is 2.72. The van der Waals surface area contributed by atoms with Gasteiger partial charge in [0, 0.05) is 12.1 Å². The molecule has 1 aliphatic carbocycles. The summed E-state index contributed by atoms with van der Waals surface area (Å²) in [6.07, 6.45) is 1.60. The van der Waals surface area contributed by atoms with Crippen LogP contribution in [0.2, 0.25) is 5.15 Å². The first kappa shape index (κ1) is 16.3. The number of carbonyl (C=O) groups excluding carboxylic acids is 1. The number of pyridine rings is 1. The monoisotopic (exact) mass is 330 g/mol. The van der Waals surface area contributed by atoms with Crippen LogP contribution in [0.5, 0.6) is 0 Å². The molecule has 1 aliphatic rings. The third-order valence-corrected chi connectivity index (χ3v) is 3.88. The summed E-state index contributed by atoms with van der Waals surface area (Å²) in [4.78, 5) is 25.4. The van der Waals surface area contributed by atoms with E-state index in [1.54, 1.807) is 0 Å². The predicted molar refractivity (Wildman–Crippen MR) is 78.6 cm³/mol. The quantitative estimate of drug-likeness (QED) is 0.629. The second kappa shape index (κ2) is 6.78. The number of hydrogen-bond donors (Lipinski definition) is 4. The lowest BCUT2D eigenvalue weighted by atomic mass is 9.91. The van der Waals surface area contributed by atoms with Crippen LogP contribution in [-0.4, -0.2) is 34.2 Å². The largest absolute Gasteiger partial charge is 0.465 e. The van der Waals surface area contributed by atoms with Crippen molar-refractivity contribution in [2.45, 2.75) is 37.8 Å². The van der Waals surface area contributed by atoms with Crippen LogP contribution in [0.25, 0.3) is 0 Å². The standard InChI is InChI=1S/C13H16ClFN4O3/c14-10-8(11(16)20)5-9(15)12(19-10)17-6-1-3-7(4-2-6)18-13(21)22/h5-7,18H,1-4H2,(H2,16,20)(H,17,19)(H,21,22)/t6-,7-. The summed E-state index contributed by atoms with van der Waals surface area (Å²) in [6, 6.07) is 0.830. The van der Waals surface area contributed by atoms with Crippen LogP contribution in [0, 0.1) is 5.82 Å². The molecule has 0 radical (unpaired) electrons. The number of nitrogens with zero attached hydrogens (tertiary/aromatic N) is 1. The van der Waals surface area contributed by atoms with Gasteiger partial charge in [0.2, 0.25) is 0 Å². The highest BCUT2D eigenvalue weighted by Gasteiger charge is 2.24. The average Bonchev–Trinajstić information content (AvgIpc) is 2.43. The lowest BCUT2D eigenvalue weighted by molar-refractivity contribution is 0.0999. The Morgan fingerprint density at radius 2 is 1.91 bits per heavy atom. The number of halogens is 2. The lowest BCUT2D eigenvalue weighted by Crippen LogP contribution is -2.39. The maximum Gasteiger partial charge on any atom is 0.404 e. The molecular weight excluding hydrogens is 315 g/mol. The molecule has 0 unspecified atom stereocenters. The topological polar surface area (TPSA) is 117 Å². The molecule has 5 N–H and O–H groups in total. The van der Waals surface area contributed by atoms with Gasteiger partial charge in [-0.2, -0.15) is 0 Å². The van der Waals surface area contributed by atoms with Crippen molar-refractivity contribution in [3.63, 3.8) is 0 Å². The molecule has 1 fully saturated rings. The van der Waals surface area contributed by atoms with Gasteiger partial charge < -0.3 is 21.5 Å². The Kier molecular flexibility index (Phi) is 5.02. The minimum atomic E-state index is -1.04. The van der Waals surface area contributed by atoms with Gasteiger partial charge in [-0.15, -0.1) is 0 Å². The van der Waals surface area contributed by atoms with E-state index in [1.807, 2.05) is 0 Å². The Hall–Kier alpha value is -2.09. The molecule has 9 heteroatoms. The van der Waals surface area contributed by atoms with Gasteiger partial charge in [-0.25, -0.2) is 14.2 Å². The van der Waals surface area contributed by atoms with E-state index in [4.69, 9.17) is 22.4 Å². The highest BCUT2D eigenvalue weighted by atomic mass is 35.5. The molecule has 1 aromatic heterocycles. The Balaban J connectivity index is 1.99. The van der Waals surface area contributed by atoms with E-state index < -0.39 is 17.8 Å². The molecular formula is C13H16ClFN4O3. The van der Waals surface area contributed by atoms with Crippen LogP contribution in [-0.2, 0) is 0 Å². The summed E-state index contributed by atoms with van der Waals surface area (Å²) in [5.74, 6) is -1.59. The number of amides is 2. The Labute approximate surface area is 131 Å². The average molecular weight is 331 g/mol. The maximum absolute atomic E-state index is 13.9. The second-order valence-electron chi connectivity index (χ2n) is 5.16. The first-order chi connectivity index (χ1) is 10.4. The van der Waals surface area contributed by atoms with E-state index in [2.05, 4.69) is 15.6 Å². The number of rotatable bonds is 4. The van der Waals surface area contributed by atoms with Gasteiger partial charge in [0.15, 0.2) is 11.6 Å². The Bertz CT molecular complexity index is 591. The first-order valence-corrected chi connectivity index (χ1v) is 7.16. The third-order valence-electron chi connectivity index (χ3n) is 3.59. The smallest absolute Gasteiger partial charge is 0.404 e. The molecule has 0 atom stereocenters. The SMILES string of the molecule is NC(=O)c1cc(F)c(N[C@H]2CC[C@H](NC(=O)O)CC2)nc1Cl. The third kappa shape index (κ3) is 3.97. The molecule has 1 heterocycles. The molecule has 120 valence electrons. The molecule has 1 saturated carbocycles. The van der Waals surface area contributed by atoms with Crippen LogP contribution in [0.4, 0.5) is 15.0 Å². The number of aromatic nitrogens is 1. The van der Waals surface area contributed by atoms with Crippen molar-refractivity contribution in [2.24, 2.45) is 5.73 Å². The zero-order valence-electron chi connectivity index (χ0n) is 11.6. The Morgan fingerprint density at radius 3 is 2.45 bits per heavy atom. The van der Waals surface area contributed by atoms with Gasteiger partial charge in [-0.3, -0.25) is 4.79 Å². The molecule has 0 spiro atoms. The summed E-state index contributed by atoms with van der Waals surface area (Å²) in [7, 11) is 0. The van der Waals surface area contributed by atoms with E-state index in [9.17, 15) is 14.0 Å². The van der Waals surface area contributed by atoms with E-state index in [0.29, 0.717) is 25.7 Å². The molecule has 0 aliphatic heterocycles. The predicted octanol–water partition coefficient (Wildman–Crippen LogP) is 1.96. The van der Waals surface area contributed by atoms with Crippen molar-refractivity contribution >= 4 is 29.4 Å². The maximum atomic E-state index is 13.9. The molecule has 1 aromatic rings. The van der Waals surface area contributed by atoms with Crippen LogP contribution < -0.4 is 16.4 Å². The lowest BCUT2D eigenvalue weighted by Gasteiger charge is -2.29. The van der Waals surface area contributed by atoms with Crippen LogP contribution in [0.15, 0.2) is 6.07 Å². The summed E-state index contributed by atoms with van der Waals surface area (Å²) in [5.41, 5.74) is 4.90. The number of carbonyl (C=O) groups is 2. The van der Waals surface area contributed by atoms with Crippen molar-refractivity contribution in [3.05, 3.63) is 22.6 Å². The normalized spacial score (nSPS) is 21.2. The summed E-state index contributed by atoms with van der Waals surface area (Å²) in [5, 5.41) is 13.9. The number of nitrogens with one attached hydrogen (secondary N) is 2. The zero-order valence-corrected chi connectivity index (χ0v) is 12.4. The van der Waals surface area contributed by atoms with Gasteiger partial charge in [0.05, 0.1) is 5.56 Å². The zero-order chi connectivity index (χ0) is 16.3. The fraction of sp³-hybridized carbons (Fsp3) is 0.462. The molecule has 0 saturated heterocycles. The number of hydrogen-bond acceptors (Lipinski definition) is 4. The van der Waals surface area contributed by atoms with Crippen LogP contribution >= 0.6 is 11.6 Å². The van der Waals surface area contributed by atoms with E-state index in [1.165, 1.54) is 0 Å². The minimum absolute atomic E-state index is 0.0374. The highest BCUT2D eigenvalue weighted by Crippen LogP contribution is 2.25. The van der Waals surface area contributed by atoms with Crippen molar-refractivity contribution in [3.8, 4) is 0 Å². The second-order valence-corrected chi connectivity index (χ2v) is 5.52. The number of primary amides is 1. The van der Waals surface area contributed by atoms with E-state index in [0.717, 1.165) is 6.07 Å². The summed E-state index contributed by atoms with van der Waals surface area (Å²) < 4.78 is 13.9. The van der Waals surface area contributed by atoms with Crippen LogP contribution in [0.1, 0.15) is 36.0 Å². The molecule has 2 rings (SSSR count). The van der Waals surface area contributed by atoms with Gasteiger partial charge >= 0.3 is 6.09 Å². The van der Waals surface area contributed by atoms with Gasteiger partial charge in [-0.05, 0) is 31.7 Å². The molecule has 2 amide bonds. The molecule has 22 heavy (non-hydrogen) atoms. The number of nitrogens with two attached hydrogens (primary N) is 1. The van der Waals surface area contributed by atoms with Gasteiger partial charge in [-0.1, -0.05) is 11.6 Å². The van der Waals surface area contributed by atoms with Crippen molar-refractivity contribution < 1.29 is 19.1 Å². The highest BCUT2D eigenvalue weighted by molar-refractivity contribution is 6.32. The first-order valence-electron chi connectivity index (χ1n) is 6.78. The minimum Gasteiger partial charge on any atom is -0.465 e. The van der Waals surface area contributed by atoms with E-state index >= 15 is 0 Å². The van der Waals surface area contributed by atoms with Crippen molar-refractivity contribution in [1.82, 2.24) is 10.3 Å². The van der Waals surface area contributed by atoms with Gasteiger partial charge in [0.25, 0.3) is 5.91 Å². The number of anilines is 1. The van der Waals surface area contributed by atoms with Crippen LogP contribution in [0.3, 0.4) is 0 Å². The summed E-state index contributed by atoms with van der Waals surface area (Å²) >= 11 is 5.80. The summed E-state index contributed by atoms with van der Waals surface area (Å²) in [6.45, 7) is 0. The molecule has 0 aromatic carbocycles. The fourth-order valence-electron chi connectivity index (χ4n) is 2.49. The number of carboxylic acid groups (broad SMARTS) is 1. The van der Waals surface area contributed by atoms with E-state index in [-0.39, 0.29) is 28.6 Å². The van der Waals surface area contributed by atoms with Crippen molar-refractivity contribution in [1.29, 1.82) is 0 Å². The van der Waals surface area contributed by atoms with Crippen molar-refractivity contribution in [2.75, 3.05) is 5.32 Å². The molecule has 7 nitrogen and oxygen atoms in total.